The molecule has 0 aliphatic carbocycles. The minimum atomic E-state index is -1.13. The Bertz CT molecular complexity index is 702. The van der Waals surface area contributed by atoms with Gasteiger partial charge in [0, 0.05) is 32.1 Å². The summed E-state index contributed by atoms with van der Waals surface area (Å²) < 4.78 is 10.2. The summed E-state index contributed by atoms with van der Waals surface area (Å²) in [7, 11) is -1.12. The number of hydrogen-bond donors (Lipinski definition) is 3. The van der Waals surface area contributed by atoms with Crippen LogP contribution in [-0.2, 0) is 19.0 Å². The largest absolute Gasteiger partial charge is 0.478 e. The molecule has 2 aliphatic heterocycles. The van der Waals surface area contributed by atoms with E-state index >= 15 is 0 Å². The lowest BCUT2D eigenvalue weighted by atomic mass is 9.80. The van der Waals surface area contributed by atoms with E-state index in [9.17, 15) is 19.4 Å². The van der Waals surface area contributed by atoms with Gasteiger partial charge in [-0.2, -0.15) is 0 Å². The molecular formula is C16H22BN5O6. The highest BCUT2D eigenvalue weighted by molar-refractivity contribution is 6.46. The van der Waals surface area contributed by atoms with Crippen LogP contribution in [0.1, 0.15) is 23.3 Å². The summed E-state index contributed by atoms with van der Waals surface area (Å²) in [4.78, 5) is 47.0. The first-order chi connectivity index (χ1) is 13.5. The van der Waals surface area contributed by atoms with Crippen LogP contribution in [0.15, 0.2) is 18.6 Å². The lowest BCUT2D eigenvalue weighted by molar-refractivity contribution is -0.138. The van der Waals surface area contributed by atoms with Crippen LogP contribution >= 0.6 is 0 Å². The van der Waals surface area contributed by atoms with Crippen molar-refractivity contribution in [1.82, 2.24) is 25.5 Å². The third-order valence-corrected chi connectivity index (χ3v) is 4.55. The lowest BCUT2D eigenvalue weighted by Gasteiger charge is -2.28. The molecule has 2 atom stereocenters. The van der Waals surface area contributed by atoms with Gasteiger partial charge in [0.1, 0.15) is 11.7 Å². The second-order valence-electron chi connectivity index (χ2n) is 6.48. The summed E-state index contributed by atoms with van der Waals surface area (Å²) in [5.41, 5.74) is 0.0309. The van der Waals surface area contributed by atoms with Crippen LogP contribution in [-0.4, -0.2) is 89.6 Å². The van der Waals surface area contributed by atoms with E-state index in [1.54, 1.807) is 4.90 Å². The summed E-state index contributed by atoms with van der Waals surface area (Å²) in [6, 6.07) is -1.13. The maximum Gasteiger partial charge on any atom is 0.478 e. The Morgan fingerprint density at radius 2 is 2.07 bits per heavy atom. The average molecular weight is 391 g/mol. The van der Waals surface area contributed by atoms with Crippen molar-refractivity contribution in [3.63, 3.8) is 0 Å². The second-order valence-corrected chi connectivity index (χ2v) is 6.48. The number of nitrogens with zero attached hydrogens (tertiary/aromatic N) is 3. The minimum Gasteiger partial charge on any atom is -0.426 e. The van der Waals surface area contributed by atoms with Crippen LogP contribution in [0.3, 0.4) is 0 Å². The number of carbonyl (C=O) groups is 3. The smallest absolute Gasteiger partial charge is 0.426 e. The Morgan fingerprint density at radius 3 is 2.71 bits per heavy atom. The van der Waals surface area contributed by atoms with E-state index in [0.717, 1.165) is 0 Å². The predicted molar refractivity (Wildman–Crippen MR) is 95.8 cm³/mol. The monoisotopic (exact) mass is 391 g/mol. The van der Waals surface area contributed by atoms with Gasteiger partial charge in [-0.15, -0.1) is 0 Å². The van der Waals surface area contributed by atoms with Crippen molar-refractivity contribution < 1.29 is 28.8 Å². The fourth-order valence-corrected chi connectivity index (χ4v) is 2.98. The molecule has 0 saturated carbocycles. The van der Waals surface area contributed by atoms with E-state index in [2.05, 4.69) is 20.6 Å². The maximum absolute atomic E-state index is 12.7. The molecule has 1 aromatic heterocycles. The molecule has 2 aliphatic rings. The fraction of sp³-hybridized carbons (Fsp3) is 0.562. The summed E-state index contributed by atoms with van der Waals surface area (Å²) in [6.45, 7) is 2.04. The number of carbonyl (C=O) groups excluding carboxylic acids is 3. The Kier molecular flexibility index (Phi) is 6.90. The number of rotatable bonds is 6. The normalized spacial score (nSPS) is 20.5. The second kappa shape index (κ2) is 9.58. The Balaban J connectivity index is 1.67. The molecule has 0 bridgehead atoms. The first-order valence-corrected chi connectivity index (χ1v) is 9.07. The zero-order valence-electron chi connectivity index (χ0n) is 15.2. The Hall–Kier alpha value is -2.57. The molecule has 12 heteroatoms. The van der Waals surface area contributed by atoms with Gasteiger partial charge in [-0.05, 0) is 6.42 Å². The highest BCUT2D eigenvalue weighted by atomic mass is 16.5. The SMILES string of the molecule is O=C(N[C@H](CC(=O)N1CCOCC1)C(=O)N[C@H]1CCOB1O)c1cnccn1. The van der Waals surface area contributed by atoms with E-state index < -0.39 is 30.9 Å². The van der Waals surface area contributed by atoms with Crippen molar-refractivity contribution in [2.45, 2.75) is 24.8 Å². The van der Waals surface area contributed by atoms with E-state index in [0.29, 0.717) is 39.3 Å². The molecule has 0 aromatic carbocycles. The lowest BCUT2D eigenvalue weighted by Crippen LogP contribution is -2.54. The number of amides is 3. The number of hydrogen-bond acceptors (Lipinski definition) is 8. The summed E-state index contributed by atoms with van der Waals surface area (Å²) >= 11 is 0. The fourth-order valence-electron chi connectivity index (χ4n) is 2.98. The Labute approximate surface area is 161 Å². The van der Waals surface area contributed by atoms with E-state index in [-0.39, 0.29) is 18.0 Å². The molecule has 2 saturated heterocycles. The van der Waals surface area contributed by atoms with Gasteiger partial charge in [0.05, 0.1) is 31.8 Å². The molecule has 28 heavy (non-hydrogen) atoms. The minimum absolute atomic E-state index is 0.0309. The van der Waals surface area contributed by atoms with Crippen LogP contribution in [0.5, 0.6) is 0 Å². The highest BCUT2D eigenvalue weighted by Gasteiger charge is 2.36. The molecule has 0 unspecified atom stereocenters. The Morgan fingerprint density at radius 1 is 1.29 bits per heavy atom. The average Bonchev–Trinajstić information content (AvgIpc) is 3.13. The first-order valence-electron chi connectivity index (χ1n) is 9.07. The van der Waals surface area contributed by atoms with Crippen molar-refractivity contribution in [2.75, 3.05) is 32.9 Å². The van der Waals surface area contributed by atoms with Crippen LogP contribution in [0, 0.1) is 0 Å². The predicted octanol–water partition coefficient (Wildman–Crippen LogP) is -2.25. The topological polar surface area (TPSA) is 143 Å². The van der Waals surface area contributed by atoms with E-state index in [4.69, 9.17) is 9.39 Å². The summed E-state index contributed by atoms with van der Waals surface area (Å²) in [5.74, 6) is -2.06. The van der Waals surface area contributed by atoms with Gasteiger partial charge >= 0.3 is 7.12 Å². The molecule has 11 nitrogen and oxygen atoms in total. The van der Waals surface area contributed by atoms with Crippen LogP contribution in [0.4, 0.5) is 0 Å². The molecule has 3 heterocycles. The molecule has 3 N–H and O–H groups in total. The molecule has 2 fully saturated rings. The van der Waals surface area contributed by atoms with Crippen molar-refractivity contribution in [3.05, 3.63) is 24.3 Å². The zero-order chi connectivity index (χ0) is 19.9. The summed E-state index contributed by atoms with van der Waals surface area (Å²) in [6.07, 6.45) is 4.26. The van der Waals surface area contributed by atoms with Gasteiger partial charge in [0.2, 0.25) is 11.8 Å². The molecule has 0 radical (unpaired) electrons. The standard InChI is InChI=1S/C16H22BN5O6/c23-14(22-4-7-27-8-5-22)9-11(15(24)21-13-1-6-28-17(13)26)20-16(25)12-10-18-2-3-19-12/h2-3,10-11,13,26H,1,4-9H2,(H,20,25)(H,21,24)/t11-,13+/m1/s1. The van der Waals surface area contributed by atoms with E-state index in [1.165, 1.54) is 18.6 Å². The van der Waals surface area contributed by atoms with Gasteiger partial charge < -0.3 is 29.9 Å². The van der Waals surface area contributed by atoms with Gasteiger partial charge in [0.15, 0.2) is 0 Å². The molecule has 0 spiro atoms. The highest BCUT2D eigenvalue weighted by Crippen LogP contribution is 2.09. The van der Waals surface area contributed by atoms with Gasteiger partial charge in [0.25, 0.3) is 5.91 Å². The first kappa shape index (κ1) is 20.2. The summed E-state index contributed by atoms with van der Waals surface area (Å²) in [5, 5.41) is 14.9. The van der Waals surface area contributed by atoms with Crippen LogP contribution < -0.4 is 10.6 Å². The van der Waals surface area contributed by atoms with E-state index in [1.807, 2.05) is 0 Å². The quantitative estimate of drug-likeness (QED) is 0.462. The molecule has 150 valence electrons. The zero-order valence-corrected chi connectivity index (χ0v) is 15.2. The van der Waals surface area contributed by atoms with Crippen molar-refractivity contribution in [3.8, 4) is 0 Å². The van der Waals surface area contributed by atoms with Crippen molar-refractivity contribution >= 4 is 24.8 Å². The number of aromatic nitrogens is 2. The molecular weight excluding hydrogens is 369 g/mol. The van der Waals surface area contributed by atoms with Crippen LogP contribution in [0.2, 0.25) is 0 Å². The third-order valence-electron chi connectivity index (χ3n) is 4.55. The van der Waals surface area contributed by atoms with Crippen molar-refractivity contribution in [1.29, 1.82) is 0 Å². The third kappa shape index (κ3) is 5.24. The number of nitrogens with one attached hydrogen (secondary N) is 2. The van der Waals surface area contributed by atoms with Crippen molar-refractivity contribution in [2.24, 2.45) is 0 Å². The molecule has 3 rings (SSSR count). The number of morpholine rings is 1. The van der Waals surface area contributed by atoms with Crippen LogP contribution in [0.25, 0.3) is 0 Å². The maximum atomic E-state index is 12.7. The number of ether oxygens (including phenoxy) is 1. The van der Waals surface area contributed by atoms with Gasteiger partial charge in [-0.1, -0.05) is 0 Å². The van der Waals surface area contributed by atoms with Gasteiger partial charge in [-0.3, -0.25) is 19.4 Å². The molecule has 3 amide bonds. The van der Waals surface area contributed by atoms with Gasteiger partial charge in [-0.25, -0.2) is 4.98 Å². The molecule has 1 aromatic rings.